The van der Waals surface area contributed by atoms with Crippen LogP contribution < -0.4 is 10.4 Å². The van der Waals surface area contributed by atoms with E-state index in [2.05, 4.69) is 88.4 Å². The first kappa shape index (κ1) is 43.5. The second-order valence-electron chi connectivity index (χ2n) is 13.3. The van der Waals surface area contributed by atoms with Gasteiger partial charge in [-0.15, -0.1) is 0 Å². The Hall–Kier alpha value is -1.66. The van der Waals surface area contributed by atoms with E-state index >= 15 is 0 Å². The van der Waals surface area contributed by atoms with Crippen molar-refractivity contribution < 1.29 is 37.6 Å². The highest BCUT2D eigenvalue weighted by Crippen LogP contribution is 2.36. The molecular weight excluding hydrogens is 637 g/mol. The molecule has 0 fully saturated rings. The highest BCUT2D eigenvalue weighted by molar-refractivity contribution is 6.99. The summed E-state index contributed by atoms with van der Waals surface area (Å²) in [6, 6.07) is 21.3. The summed E-state index contributed by atoms with van der Waals surface area (Å²) in [4.78, 5) is 0. The predicted octanol–water partition coefficient (Wildman–Crippen LogP) is 6.82. The van der Waals surface area contributed by atoms with Gasteiger partial charge in [-0.25, -0.2) is 0 Å². The lowest BCUT2D eigenvalue weighted by molar-refractivity contribution is -0.0213. The summed E-state index contributed by atoms with van der Waals surface area (Å²) < 4.78 is 46.3. The Morgan fingerprint density at radius 3 is 1.04 bits per heavy atom. The van der Waals surface area contributed by atoms with Crippen LogP contribution in [0.4, 0.5) is 0 Å². The maximum atomic E-state index is 6.85. The molecule has 0 heterocycles. The van der Waals surface area contributed by atoms with Crippen LogP contribution in [0.5, 0.6) is 0 Å². The largest absolute Gasteiger partial charge is 0.405 e. The topological polar surface area (TPSA) is 73.8 Å². The predicted molar refractivity (Wildman–Crippen MR) is 202 cm³/mol. The van der Waals surface area contributed by atoms with Gasteiger partial charge in [0.05, 0.1) is 92.5 Å². The number of hydrogen-bond donors (Lipinski definition) is 0. The fourth-order valence-corrected chi connectivity index (χ4v) is 10.3. The second-order valence-corrected chi connectivity index (χ2v) is 17.6. The van der Waals surface area contributed by atoms with Gasteiger partial charge in [0.25, 0.3) is 8.32 Å². The minimum atomic E-state index is -2.53. The first-order chi connectivity index (χ1) is 24.0. The maximum absolute atomic E-state index is 6.85. The van der Waals surface area contributed by atoms with Crippen molar-refractivity contribution in [1.29, 1.82) is 0 Å². The molecular formula is C40H68O8Si. The normalized spacial score (nSPS) is 12.2. The van der Waals surface area contributed by atoms with E-state index in [4.69, 9.17) is 37.6 Å². The van der Waals surface area contributed by atoms with Gasteiger partial charge >= 0.3 is 0 Å². The molecule has 0 saturated heterocycles. The minimum absolute atomic E-state index is 0.0467. The number of unbranched alkanes of at least 4 members (excludes halogenated alkanes) is 7. The molecule has 0 amide bonds. The second kappa shape index (κ2) is 29.0. The van der Waals surface area contributed by atoms with Crippen LogP contribution in [0.15, 0.2) is 60.7 Å². The molecule has 0 atom stereocenters. The van der Waals surface area contributed by atoms with Crippen LogP contribution in [0, 0.1) is 0 Å². The minimum Gasteiger partial charge on any atom is -0.405 e. The van der Waals surface area contributed by atoms with Crippen LogP contribution in [0.2, 0.25) is 5.04 Å². The molecule has 0 aromatic heterocycles. The van der Waals surface area contributed by atoms with Crippen molar-refractivity contribution >= 4 is 18.7 Å². The quantitative estimate of drug-likeness (QED) is 0.0593. The van der Waals surface area contributed by atoms with Gasteiger partial charge in [0, 0.05) is 6.61 Å². The van der Waals surface area contributed by atoms with Crippen LogP contribution in [-0.2, 0) is 37.6 Å². The summed E-state index contributed by atoms with van der Waals surface area (Å²) in [5, 5.41) is 2.50. The van der Waals surface area contributed by atoms with Gasteiger partial charge in [-0.1, -0.05) is 133 Å². The lowest BCUT2D eigenvalue weighted by Gasteiger charge is -2.43. The van der Waals surface area contributed by atoms with Crippen LogP contribution in [-0.4, -0.2) is 107 Å². The Kier molecular flexibility index (Phi) is 25.7. The molecule has 0 N–H and O–H groups in total. The molecule has 0 aliphatic heterocycles. The molecule has 2 aromatic rings. The van der Waals surface area contributed by atoms with Gasteiger partial charge in [0.15, 0.2) is 0 Å². The standard InChI is InChI=1S/C40H68O8Si/c1-5-6-7-8-9-10-11-18-23-41-24-25-42-26-27-43-28-29-44-30-31-45-32-33-46-34-35-47-36-37-48-49(40(2,3)4,38-19-14-12-15-20-38)39-21-16-13-17-22-39/h12-17,19-22H,5-11,18,23-37H2,1-4H3. The van der Waals surface area contributed by atoms with E-state index in [1.165, 1.54) is 55.3 Å². The first-order valence-electron chi connectivity index (χ1n) is 18.8. The van der Waals surface area contributed by atoms with Crippen molar-refractivity contribution in [1.82, 2.24) is 0 Å². The van der Waals surface area contributed by atoms with Crippen LogP contribution in [0.25, 0.3) is 0 Å². The molecule has 0 bridgehead atoms. The number of hydrogen-bond acceptors (Lipinski definition) is 8. The van der Waals surface area contributed by atoms with Crippen molar-refractivity contribution in [3.05, 3.63) is 60.7 Å². The summed E-state index contributed by atoms with van der Waals surface area (Å²) in [5.74, 6) is 0. The molecule has 8 nitrogen and oxygen atoms in total. The van der Waals surface area contributed by atoms with Crippen molar-refractivity contribution in [2.24, 2.45) is 0 Å². The van der Waals surface area contributed by atoms with E-state index in [1.807, 2.05) is 0 Å². The average Bonchev–Trinajstić information content (AvgIpc) is 3.11. The zero-order chi connectivity index (χ0) is 35.1. The van der Waals surface area contributed by atoms with Crippen molar-refractivity contribution in [3.8, 4) is 0 Å². The van der Waals surface area contributed by atoms with E-state index in [1.54, 1.807) is 0 Å². The van der Waals surface area contributed by atoms with Crippen molar-refractivity contribution in [2.75, 3.05) is 99.1 Å². The molecule has 9 heteroatoms. The maximum Gasteiger partial charge on any atom is 0.261 e. The number of ether oxygens (including phenoxy) is 7. The zero-order valence-corrected chi connectivity index (χ0v) is 32.3. The zero-order valence-electron chi connectivity index (χ0n) is 31.3. The van der Waals surface area contributed by atoms with E-state index < -0.39 is 8.32 Å². The monoisotopic (exact) mass is 704 g/mol. The molecule has 0 radical (unpaired) electrons. The Morgan fingerprint density at radius 1 is 0.388 bits per heavy atom. The van der Waals surface area contributed by atoms with Gasteiger partial charge in [-0.3, -0.25) is 0 Å². The van der Waals surface area contributed by atoms with E-state index in [0.29, 0.717) is 92.5 Å². The third-order valence-corrected chi connectivity index (χ3v) is 13.4. The summed E-state index contributed by atoms with van der Waals surface area (Å²) >= 11 is 0. The fraction of sp³-hybridized carbons (Fsp3) is 0.700. The molecule has 0 spiro atoms. The van der Waals surface area contributed by atoms with Crippen LogP contribution in [0.3, 0.4) is 0 Å². The third-order valence-electron chi connectivity index (χ3n) is 8.34. The summed E-state index contributed by atoms with van der Waals surface area (Å²) in [6.07, 6.45) is 10.5. The molecule has 0 unspecified atom stereocenters. The lowest BCUT2D eigenvalue weighted by Crippen LogP contribution is -2.66. The Balaban J connectivity index is 1.36. The van der Waals surface area contributed by atoms with Gasteiger partial charge in [-0.05, 0) is 21.8 Å². The van der Waals surface area contributed by atoms with Gasteiger partial charge in [0.1, 0.15) is 0 Å². The molecule has 2 rings (SSSR count). The molecule has 0 aliphatic carbocycles. The van der Waals surface area contributed by atoms with E-state index in [0.717, 1.165) is 13.0 Å². The summed E-state index contributed by atoms with van der Waals surface area (Å²) in [7, 11) is -2.53. The van der Waals surface area contributed by atoms with E-state index in [9.17, 15) is 0 Å². The lowest BCUT2D eigenvalue weighted by atomic mass is 10.1. The summed E-state index contributed by atoms with van der Waals surface area (Å²) in [6.45, 7) is 17.6. The molecule has 0 saturated carbocycles. The number of benzene rings is 2. The fourth-order valence-electron chi connectivity index (χ4n) is 5.77. The average molecular weight is 705 g/mol. The Morgan fingerprint density at radius 2 is 0.694 bits per heavy atom. The van der Waals surface area contributed by atoms with Crippen molar-refractivity contribution in [3.63, 3.8) is 0 Å². The Labute approximate surface area is 299 Å². The van der Waals surface area contributed by atoms with Gasteiger partial charge in [0.2, 0.25) is 0 Å². The highest BCUT2D eigenvalue weighted by Gasteiger charge is 2.50. The molecule has 0 aliphatic rings. The molecule has 280 valence electrons. The highest BCUT2D eigenvalue weighted by atomic mass is 28.4. The SMILES string of the molecule is CCCCCCCCCCOCCOCCOCCOCCOCCOCCOCCO[Si](c1ccccc1)(c1ccccc1)C(C)(C)C. The van der Waals surface area contributed by atoms with E-state index in [-0.39, 0.29) is 5.04 Å². The summed E-state index contributed by atoms with van der Waals surface area (Å²) in [5.41, 5.74) is 0. The molecule has 2 aromatic carbocycles. The van der Waals surface area contributed by atoms with Gasteiger partial charge < -0.3 is 37.6 Å². The third kappa shape index (κ3) is 19.5. The first-order valence-corrected chi connectivity index (χ1v) is 20.7. The van der Waals surface area contributed by atoms with Crippen molar-refractivity contribution in [2.45, 2.75) is 84.1 Å². The van der Waals surface area contributed by atoms with Crippen LogP contribution >= 0.6 is 0 Å². The van der Waals surface area contributed by atoms with Gasteiger partial charge in [-0.2, -0.15) is 0 Å². The van der Waals surface area contributed by atoms with Crippen LogP contribution in [0.1, 0.15) is 79.1 Å². The molecule has 49 heavy (non-hydrogen) atoms. The smallest absolute Gasteiger partial charge is 0.261 e. The number of rotatable bonds is 33. The Bertz CT molecular complexity index is 949.